The number of hydrogen-bond donors (Lipinski definition) is 1. The summed E-state index contributed by atoms with van der Waals surface area (Å²) in [5, 5.41) is 18.5. The molecule has 1 N–H and O–H groups in total. The Bertz CT molecular complexity index is 1160. The molecule has 1 aromatic heterocycles. The van der Waals surface area contributed by atoms with Crippen molar-refractivity contribution in [1.82, 2.24) is 20.2 Å². The first-order valence-electron chi connectivity index (χ1n) is 9.21. The molecule has 0 aliphatic heterocycles. The lowest BCUT2D eigenvalue weighted by atomic mass is 10.1. The number of amides is 1. The summed E-state index contributed by atoms with van der Waals surface area (Å²) in [5.41, 5.74) is 4.17. The Balaban J connectivity index is 1.72. The number of carbonyl (C=O) groups is 1. The predicted molar refractivity (Wildman–Crippen MR) is 113 cm³/mol. The normalized spacial score (nSPS) is 10.7. The molecular weight excluding hydrogens is 420 g/mol. The summed E-state index contributed by atoms with van der Waals surface area (Å²) in [5.74, 6) is 0.591. The van der Waals surface area contributed by atoms with Crippen LogP contribution in [-0.4, -0.2) is 53.1 Å². The lowest BCUT2D eigenvalue weighted by Crippen LogP contribution is -2.17. The summed E-state index contributed by atoms with van der Waals surface area (Å²) < 4.78 is 17.0. The number of hydrazone groups is 1. The molecule has 0 saturated heterocycles. The fourth-order valence-corrected chi connectivity index (χ4v) is 2.83. The van der Waals surface area contributed by atoms with E-state index in [-0.39, 0.29) is 6.54 Å². The van der Waals surface area contributed by atoms with Gasteiger partial charge in [0.2, 0.25) is 6.33 Å². The molecule has 0 saturated carbocycles. The number of aromatic nitrogens is 3. The number of methoxy groups -OCH3 is 3. The fraction of sp³-hybridized carbons (Fsp3) is 0.200. The zero-order valence-electron chi connectivity index (χ0n) is 17.5. The van der Waals surface area contributed by atoms with Gasteiger partial charge in [-0.15, -0.1) is 0 Å². The average molecular weight is 440 g/mol. The zero-order valence-corrected chi connectivity index (χ0v) is 17.5. The van der Waals surface area contributed by atoms with Crippen molar-refractivity contribution in [2.24, 2.45) is 5.10 Å². The van der Waals surface area contributed by atoms with Gasteiger partial charge in [-0.2, -0.15) is 9.78 Å². The number of nitro groups is 1. The third-order valence-corrected chi connectivity index (χ3v) is 4.35. The van der Waals surface area contributed by atoms with Gasteiger partial charge in [0.05, 0.1) is 34.1 Å². The van der Waals surface area contributed by atoms with Crippen LogP contribution < -0.4 is 19.6 Å². The molecule has 0 atom stereocenters. The third kappa shape index (κ3) is 5.16. The topological polar surface area (TPSA) is 143 Å². The molecule has 0 spiro atoms. The molecule has 1 amide bonds. The molecule has 3 rings (SSSR count). The quantitative estimate of drug-likeness (QED) is 0.302. The van der Waals surface area contributed by atoms with Gasteiger partial charge in [0.15, 0.2) is 11.5 Å². The first kappa shape index (κ1) is 22.2. The Labute approximate surface area is 182 Å². The molecular formula is C20H20N6O6. The molecule has 0 bridgehead atoms. The van der Waals surface area contributed by atoms with E-state index in [4.69, 9.17) is 14.2 Å². The van der Waals surface area contributed by atoms with Gasteiger partial charge in [-0.1, -0.05) is 4.98 Å². The van der Waals surface area contributed by atoms with Crippen molar-refractivity contribution in [2.75, 3.05) is 21.3 Å². The summed E-state index contributed by atoms with van der Waals surface area (Å²) in [6.07, 6.45) is 2.73. The summed E-state index contributed by atoms with van der Waals surface area (Å²) in [7, 11) is 4.51. The van der Waals surface area contributed by atoms with Crippen molar-refractivity contribution >= 4 is 18.1 Å². The molecule has 1 heterocycles. The first-order chi connectivity index (χ1) is 15.4. The summed E-state index contributed by atoms with van der Waals surface area (Å²) in [4.78, 5) is 26.1. The smallest absolute Gasteiger partial charge is 0.490 e. The van der Waals surface area contributed by atoms with Crippen LogP contribution in [0.15, 0.2) is 47.8 Å². The number of nitrogens with zero attached hydrogens (tertiary/aromatic N) is 5. The Hall–Kier alpha value is -4.48. The highest BCUT2D eigenvalue weighted by atomic mass is 16.6. The van der Waals surface area contributed by atoms with Gasteiger partial charge in [-0.05, 0) is 46.9 Å². The highest BCUT2D eigenvalue weighted by Gasteiger charge is 2.15. The highest BCUT2D eigenvalue weighted by molar-refractivity contribution is 5.95. The summed E-state index contributed by atoms with van der Waals surface area (Å²) in [6, 6.07) is 10.00. The number of hydrogen-bond acceptors (Lipinski definition) is 9. The highest BCUT2D eigenvalue weighted by Crippen LogP contribution is 2.27. The van der Waals surface area contributed by atoms with E-state index in [1.807, 2.05) is 0 Å². The zero-order chi connectivity index (χ0) is 23.1. The lowest BCUT2D eigenvalue weighted by molar-refractivity contribution is -0.394. The number of rotatable bonds is 9. The van der Waals surface area contributed by atoms with E-state index in [9.17, 15) is 14.9 Å². The standard InChI is InChI=1S/C20H20N6O6/c1-30-16-6-4-13(8-15(16)11-25-12-21-20(24-25)26(28)29)10-22-23-19(27)14-5-7-17(31-2)18(9-14)32-3/h4-10,12H,11H2,1-3H3,(H,23,27)/b22-10-. The van der Waals surface area contributed by atoms with E-state index >= 15 is 0 Å². The molecule has 0 radical (unpaired) electrons. The van der Waals surface area contributed by atoms with Gasteiger partial charge in [-0.3, -0.25) is 4.79 Å². The molecule has 2 aromatic carbocycles. The predicted octanol–water partition coefficient (Wildman–Crippen LogP) is 2.02. The van der Waals surface area contributed by atoms with E-state index < -0.39 is 16.8 Å². The number of nitrogens with one attached hydrogen (secondary N) is 1. The van der Waals surface area contributed by atoms with Gasteiger partial charge in [0.25, 0.3) is 5.91 Å². The Morgan fingerprint density at radius 3 is 2.50 bits per heavy atom. The van der Waals surface area contributed by atoms with Gasteiger partial charge in [0, 0.05) is 16.2 Å². The van der Waals surface area contributed by atoms with Gasteiger partial charge >= 0.3 is 5.95 Å². The molecule has 0 fully saturated rings. The van der Waals surface area contributed by atoms with Crippen molar-refractivity contribution in [1.29, 1.82) is 0 Å². The van der Waals surface area contributed by atoms with Gasteiger partial charge < -0.3 is 24.3 Å². The number of benzene rings is 2. The van der Waals surface area contributed by atoms with E-state index in [2.05, 4.69) is 20.6 Å². The first-order valence-corrected chi connectivity index (χ1v) is 9.21. The van der Waals surface area contributed by atoms with E-state index in [0.717, 1.165) is 0 Å². The maximum absolute atomic E-state index is 12.4. The monoisotopic (exact) mass is 440 g/mol. The second-order valence-electron chi connectivity index (χ2n) is 6.34. The van der Waals surface area contributed by atoms with Crippen LogP contribution in [0.25, 0.3) is 0 Å². The number of ether oxygens (including phenoxy) is 3. The van der Waals surface area contributed by atoms with Crippen LogP contribution in [0.4, 0.5) is 5.95 Å². The van der Waals surface area contributed by atoms with Crippen molar-refractivity contribution in [3.05, 3.63) is 69.5 Å². The van der Waals surface area contributed by atoms with Crippen LogP contribution in [0, 0.1) is 10.1 Å². The average Bonchev–Trinajstić information content (AvgIpc) is 3.27. The molecule has 0 aliphatic carbocycles. The number of carbonyl (C=O) groups excluding carboxylic acids is 1. The fourth-order valence-electron chi connectivity index (χ4n) is 2.83. The Morgan fingerprint density at radius 1 is 1.12 bits per heavy atom. The molecule has 3 aromatic rings. The van der Waals surface area contributed by atoms with E-state index in [0.29, 0.717) is 33.9 Å². The second kappa shape index (κ2) is 10.0. The summed E-state index contributed by atoms with van der Waals surface area (Å²) in [6.45, 7) is 0.198. The lowest BCUT2D eigenvalue weighted by Gasteiger charge is -2.09. The van der Waals surface area contributed by atoms with Crippen molar-refractivity contribution in [3.63, 3.8) is 0 Å². The largest absolute Gasteiger partial charge is 0.496 e. The molecule has 0 aliphatic rings. The molecule has 12 nitrogen and oxygen atoms in total. The van der Waals surface area contributed by atoms with Crippen LogP contribution in [0.5, 0.6) is 17.2 Å². The van der Waals surface area contributed by atoms with Crippen molar-refractivity contribution < 1.29 is 23.9 Å². The van der Waals surface area contributed by atoms with E-state index in [1.165, 1.54) is 38.6 Å². The molecule has 0 unspecified atom stereocenters. The molecule has 32 heavy (non-hydrogen) atoms. The minimum Gasteiger partial charge on any atom is -0.496 e. The van der Waals surface area contributed by atoms with Crippen LogP contribution in [0.2, 0.25) is 0 Å². The Morgan fingerprint density at radius 2 is 1.84 bits per heavy atom. The SMILES string of the molecule is COc1ccc(/C=N\NC(=O)c2ccc(OC)c(OC)c2)cc1Cn1cnc([N+](=O)[O-])n1. The van der Waals surface area contributed by atoms with Crippen LogP contribution in [-0.2, 0) is 6.54 Å². The van der Waals surface area contributed by atoms with E-state index in [1.54, 1.807) is 36.4 Å². The maximum atomic E-state index is 12.4. The summed E-state index contributed by atoms with van der Waals surface area (Å²) >= 11 is 0. The van der Waals surface area contributed by atoms with Crippen LogP contribution in [0.3, 0.4) is 0 Å². The van der Waals surface area contributed by atoms with Crippen LogP contribution in [0.1, 0.15) is 21.5 Å². The minimum absolute atomic E-state index is 0.198. The Kier molecular flexibility index (Phi) is 6.95. The second-order valence-corrected chi connectivity index (χ2v) is 6.34. The van der Waals surface area contributed by atoms with Gasteiger partial charge in [-0.25, -0.2) is 5.43 Å². The molecule has 166 valence electrons. The maximum Gasteiger partial charge on any atom is 0.490 e. The van der Waals surface area contributed by atoms with Crippen LogP contribution >= 0.6 is 0 Å². The van der Waals surface area contributed by atoms with Gasteiger partial charge in [0.1, 0.15) is 5.75 Å². The van der Waals surface area contributed by atoms with Crippen molar-refractivity contribution in [2.45, 2.75) is 6.54 Å². The minimum atomic E-state index is -0.669. The van der Waals surface area contributed by atoms with Crippen molar-refractivity contribution in [3.8, 4) is 17.2 Å². The molecule has 12 heteroatoms. The third-order valence-electron chi connectivity index (χ3n) is 4.35.